The van der Waals surface area contributed by atoms with Gasteiger partial charge in [-0.15, -0.1) is 0 Å². The number of carboxylic acids is 1. The minimum atomic E-state index is -3.72. The maximum absolute atomic E-state index is 16.1. The summed E-state index contributed by atoms with van der Waals surface area (Å²) >= 11 is 0. The second-order valence-electron chi connectivity index (χ2n) is 8.35. The Morgan fingerprint density at radius 1 is 1.03 bits per heavy atom. The Morgan fingerprint density at radius 3 is 2.47 bits per heavy atom. The molecule has 10 heteroatoms. The van der Waals surface area contributed by atoms with Crippen LogP contribution < -0.4 is 13.8 Å². The molecule has 1 saturated heterocycles. The molecule has 0 saturated carbocycles. The van der Waals surface area contributed by atoms with Gasteiger partial charge in [-0.05, 0) is 46.3 Å². The van der Waals surface area contributed by atoms with E-state index in [2.05, 4.69) is 4.72 Å². The molecule has 36 heavy (non-hydrogen) atoms. The SMILES string of the molecule is O=C(O)c1cccc(-c2ccc3cc(OCc4ccccc4)c(N4CC(O)NS4(O)O)c(F)c3c2)c1. The number of ether oxygens (including phenoxy) is 1. The van der Waals surface area contributed by atoms with E-state index >= 15 is 4.39 Å². The minimum absolute atomic E-state index is 0.0837. The molecule has 4 aromatic rings. The summed E-state index contributed by atoms with van der Waals surface area (Å²) in [5, 5.41) is 20.0. The van der Waals surface area contributed by atoms with Crippen molar-refractivity contribution in [1.82, 2.24) is 4.72 Å². The van der Waals surface area contributed by atoms with Crippen LogP contribution in [0.1, 0.15) is 15.9 Å². The van der Waals surface area contributed by atoms with Crippen molar-refractivity contribution in [1.29, 1.82) is 0 Å². The fourth-order valence-corrected chi connectivity index (χ4v) is 5.51. The maximum atomic E-state index is 16.1. The topological polar surface area (TPSA) is 122 Å². The van der Waals surface area contributed by atoms with Crippen LogP contribution >= 0.6 is 11.0 Å². The molecular formula is C26H23FN2O6S. The third-order valence-electron chi connectivity index (χ3n) is 5.89. The first kappa shape index (κ1) is 24.0. The molecule has 0 bridgehead atoms. The molecule has 1 heterocycles. The first-order valence-electron chi connectivity index (χ1n) is 11.0. The lowest BCUT2D eigenvalue weighted by atomic mass is 9.98. The normalized spacial score (nSPS) is 17.8. The molecule has 1 atom stereocenters. The molecule has 0 spiro atoms. The Kier molecular flexibility index (Phi) is 6.29. The van der Waals surface area contributed by atoms with Gasteiger partial charge in [-0.1, -0.05) is 65.6 Å². The van der Waals surface area contributed by atoms with Crippen molar-refractivity contribution in [2.24, 2.45) is 0 Å². The van der Waals surface area contributed by atoms with E-state index < -0.39 is 29.0 Å². The van der Waals surface area contributed by atoms with Crippen LogP contribution in [-0.2, 0) is 6.61 Å². The number of β-amino-alcohol motifs (C(OH)–C–C–N with tert-alkyl or cyclic N) is 1. The Bertz CT molecular complexity index is 1450. The van der Waals surface area contributed by atoms with Gasteiger partial charge in [-0.2, -0.15) is 4.72 Å². The fraction of sp³-hybridized carbons (Fsp3) is 0.115. The van der Waals surface area contributed by atoms with Crippen molar-refractivity contribution in [3.05, 3.63) is 95.8 Å². The van der Waals surface area contributed by atoms with Crippen molar-refractivity contribution >= 4 is 33.4 Å². The summed E-state index contributed by atoms with van der Waals surface area (Å²) in [6.45, 7) is -0.158. The monoisotopic (exact) mass is 510 g/mol. The van der Waals surface area contributed by atoms with Gasteiger partial charge in [0.15, 0.2) is 5.82 Å². The predicted molar refractivity (Wildman–Crippen MR) is 136 cm³/mol. The molecule has 1 unspecified atom stereocenters. The van der Waals surface area contributed by atoms with E-state index in [9.17, 15) is 24.1 Å². The molecule has 4 aromatic carbocycles. The molecule has 1 aliphatic heterocycles. The molecule has 186 valence electrons. The van der Waals surface area contributed by atoms with Crippen molar-refractivity contribution in [3.63, 3.8) is 0 Å². The zero-order valence-corrected chi connectivity index (χ0v) is 19.7. The Balaban J connectivity index is 1.63. The van der Waals surface area contributed by atoms with Crippen molar-refractivity contribution in [3.8, 4) is 16.9 Å². The number of aliphatic hydroxyl groups is 1. The van der Waals surface area contributed by atoms with Gasteiger partial charge in [-0.3, -0.25) is 9.11 Å². The fourth-order valence-electron chi connectivity index (χ4n) is 4.17. The third kappa shape index (κ3) is 4.60. The smallest absolute Gasteiger partial charge is 0.335 e. The van der Waals surface area contributed by atoms with Crippen LogP contribution in [0, 0.1) is 5.82 Å². The second kappa shape index (κ2) is 9.41. The van der Waals surface area contributed by atoms with Crippen LogP contribution in [0.2, 0.25) is 0 Å². The lowest BCUT2D eigenvalue weighted by molar-refractivity contribution is 0.0697. The number of nitrogens with zero attached hydrogens (tertiary/aromatic N) is 1. The summed E-state index contributed by atoms with van der Waals surface area (Å²) in [6.07, 6.45) is -1.28. The number of aromatic carboxylic acids is 1. The number of benzene rings is 4. The number of hydrogen-bond acceptors (Lipinski definition) is 7. The highest BCUT2D eigenvalue weighted by Gasteiger charge is 2.39. The van der Waals surface area contributed by atoms with Crippen LogP contribution in [0.15, 0.2) is 78.9 Å². The average molecular weight is 511 g/mol. The summed E-state index contributed by atoms with van der Waals surface area (Å²) in [4.78, 5) is 11.4. The van der Waals surface area contributed by atoms with Gasteiger partial charge in [0.25, 0.3) is 0 Å². The van der Waals surface area contributed by atoms with Gasteiger partial charge in [0, 0.05) is 5.39 Å². The second-order valence-corrected chi connectivity index (χ2v) is 10.1. The lowest BCUT2D eigenvalue weighted by Gasteiger charge is -2.37. The van der Waals surface area contributed by atoms with Crippen molar-refractivity contribution in [2.45, 2.75) is 12.8 Å². The average Bonchev–Trinajstić information content (AvgIpc) is 3.14. The minimum Gasteiger partial charge on any atom is -0.487 e. The number of anilines is 1. The molecule has 5 N–H and O–H groups in total. The predicted octanol–water partition coefficient (Wildman–Crippen LogP) is 5.23. The number of nitrogens with one attached hydrogen (secondary N) is 1. The molecule has 0 amide bonds. The molecule has 0 aliphatic carbocycles. The molecule has 8 nitrogen and oxygen atoms in total. The zero-order valence-electron chi connectivity index (χ0n) is 18.8. The number of rotatable bonds is 6. The van der Waals surface area contributed by atoms with Gasteiger partial charge in [0.1, 0.15) is 24.3 Å². The summed E-state index contributed by atoms with van der Waals surface area (Å²) in [7, 11) is -3.72. The van der Waals surface area contributed by atoms with Gasteiger partial charge in [0.2, 0.25) is 0 Å². The number of fused-ring (bicyclic) bond motifs is 1. The Hall–Kier alpha value is -3.67. The first-order chi connectivity index (χ1) is 17.2. The molecule has 1 aliphatic rings. The van der Waals surface area contributed by atoms with Crippen LogP contribution in [0.4, 0.5) is 10.1 Å². The van der Waals surface area contributed by atoms with E-state index in [1.807, 2.05) is 30.3 Å². The third-order valence-corrected chi connectivity index (χ3v) is 7.42. The van der Waals surface area contributed by atoms with E-state index in [1.165, 1.54) is 12.1 Å². The van der Waals surface area contributed by atoms with Crippen LogP contribution in [0.5, 0.6) is 5.75 Å². The Labute approximate surface area is 207 Å². The maximum Gasteiger partial charge on any atom is 0.335 e. The number of halogens is 1. The number of carboxylic acid groups (broad SMARTS) is 1. The molecule has 0 aromatic heterocycles. The highest BCUT2D eigenvalue weighted by atomic mass is 32.3. The molecule has 1 fully saturated rings. The molecule has 0 radical (unpaired) electrons. The van der Waals surface area contributed by atoms with Gasteiger partial charge >= 0.3 is 5.97 Å². The van der Waals surface area contributed by atoms with Gasteiger partial charge < -0.3 is 14.9 Å². The van der Waals surface area contributed by atoms with Crippen LogP contribution in [-0.4, -0.2) is 38.1 Å². The van der Waals surface area contributed by atoms with E-state index in [0.29, 0.717) is 16.5 Å². The summed E-state index contributed by atoms with van der Waals surface area (Å²) in [5.41, 5.74) is 1.91. The van der Waals surface area contributed by atoms with Crippen LogP contribution in [0.25, 0.3) is 21.9 Å². The molecular weight excluding hydrogens is 487 g/mol. The summed E-state index contributed by atoms with van der Waals surface area (Å²) < 4.78 is 46.4. The number of hydrogen-bond donors (Lipinski definition) is 5. The summed E-state index contributed by atoms with van der Waals surface area (Å²) in [6, 6.07) is 22.2. The van der Waals surface area contributed by atoms with Gasteiger partial charge in [-0.25, -0.2) is 13.5 Å². The quantitative estimate of drug-likeness (QED) is 0.239. The zero-order chi connectivity index (χ0) is 25.4. The number of aliphatic hydroxyl groups excluding tert-OH is 1. The van der Waals surface area contributed by atoms with Crippen molar-refractivity contribution < 1.29 is 33.2 Å². The highest BCUT2D eigenvalue weighted by Crippen LogP contribution is 2.52. The highest BCUT2D eigenvalue weighted by molar-refractivity contribution is 8.24. The van der Waals surface area contributed by atoms with E-state index in [4.69, 9.17) is 4.74 Å². The largest absolute Gasteiger partial charge is 0.487 e. The van der Waals surface area contributed by atoms with Crippen LogP contribution in [0.3, 0.4) is 0 Å². The van der Waals surface area contributed by atoms with Crippen molar-refractivity contribution in [2.75, 3.05) is 10.8 Å². The van der Waals surface area contributed by atoms with E-state index in [1.54, 1.807) is 36.4 Å². The first-order valence-corrected chi connectivity index (χ1v) is 12.5. The summed E-state index contributed by atoms with van der Waals surface area (Å²) in [5.74, 6) is -1.75. The van der Waals surface area contributed by atoms with E-state index in [0.717, 1.165) is 9.87 Å². The van der Waals surface area contributed by atoms with Gasteiger partial charge in [0.05, 0.1) is 12.1 Å². The Morgan fingerprint density at radius 2 is 1.78 bits per heavy atom. The van der Waals surface area contributed by atoms with E-state index in [-0.39, 0.29) is 35.5 Å². The molecule has 5 rings (SSSR count). The lowest BCUT2D eigenvalue weighted by Crippen LogP contribution is -2.26. The standard InChI is InChI=1S/C26H23FN2O6S/c27-24-21-12-18(17-7-4-8-20(11-17)26(31)32)9-10-19(21)13-22(35-15-16-5-2-1-3-6-16)25(24)29-14-23(30)28-36(29,33)34/h1-13,23,28,30,33-34H,14-15H2,(H,31,32). The number of carbonyl (C=O) groups is 1.